The van der Waals surface area contributed by atoms with E-state index in [2.05, 4.69) is 10.9 Å². The van der Waals surface area contributed by atoms with Gasteiger partial charge in [-0.1, -0.05) is 30.3 Å². The lowest BCUT2D eigenvalue weighted by molar-refractivity contribution is 0.0846. The molecule has 3 aromatic carbocycles. The Kier molecular flexibility index (Phi) is 7.32. The average Bonchev–Trinajstić information content (AvgIpc) is 2.79. The molecule has 2 amide bonds. The van der Waals surface area contributed by atoms with Gasteiger partial charge in [0, 0.05) is 11.1 Å². The Morgan fingerprint density at radius 3 is 1.81 bits per heavy atom. The zero-order chi connectivity index (χ0) is 22.2. The van der Waals surface area contributed by atoms with Gasteiger partial charge in [0.25, 0.3) is 11.8 Å². The molecular formula is C24H26N2O5. The molecule has 0 unspecified atom stereocenters. The summed E-state index contributed by atoms with van der Waals surface area (Å²) in [7, 11) is 0. The third-order valence-corrected chi connectivity index (χ3v) is 4.47. The Labute approximate surface area is 181 Å². The SMILES string of the molecule is CCOc1cc(C(=O)NNC(=O)c2ccc3ccccc3c2)cc(OCC)c1OCC. The van der Waals surface area contributed by atoms with E-state index < -0.39 is 11.8 Å². The summed E-state index contributed by atoms with van der Waals surface area (Å²) >= 11 is 0. The number of hydrazine groups is 1. The summed E-state index contributed by atoms with van der Waals surface area (Å²) in [4.78, 5) is 25.2. The quantitative estimate of drug-likeness (QED) is 0.534. The highest BCUT2D eigenvalue weighted by atomic mass is 16.5. The van der Waals surface area contributed by atoms with Crippen LogP contribution < -0.4 is 25.1 Å². The molecule has 0 radical (unpaired) electrons. The maximum absolute atomic E-state index is 12.7. The van der Waals surface area contributed by atoms with Crippen molar-refractivity contribution in [3.05, 3.63) is 65.7 Å². The molecule has 0 aliphatic carbocycles. The molecule has 7 heteroatoms. The number of nitrogens with one attached hydrogen (secondary N) is 2. The van der Waals surface area contributed by atoms with Crippen LogP contribution in [-0.2, 0) is 0 Å². The Morgan fingerprint density at radius 2 is 1.23 bits per heavy atom. The van der Waals surface area contributed by atoms with Gasteiger partial charge < -0.3 is 14.2 Å². The maximum atomic E-state index is 12.7. The van der Waals surface area contributed by atoms with Gasteiger partial charge in [0.2, 0.25) is 5.75 Å². The summed E-state index contributed by atoms with van der Waals surface area (Å²) in [6.07, 6.45) is 0. The fourth-order valence-electron chi connectivity index (χ4n) is 3.11. The van der Waals surface area contributed by atoms with E-state index in [0.717, 1.165) is 10.8 Å². The van der Waals surface area contributed by atoms with E-state index in [0.29, 0.717) is 42.6 Å². The van der Waals surface area contributed by atoms with E-state index >= 15 is 0 Å². The van der Waals surface area contributed by atoms with E-state index in [1.54, 1.807) is 24.3 Å². The molecule has 0 spiro atoms. The fourth-order valence-corrected chi connectivity index (χ4v) is 3.11. The zero-order valence-corrected chi connectivity index (χ0v) is 17.9. The van der Waals surface area contributed by atoms with Crippen molar-refractivity contribution in [2.75, 3.05) is 19.8 Å². The number of amides is 2. The number of rotatable bonds is 8. The number of carbonyl (C=O) groups is 2. The lowest BCUT2D eigenvalue weighted by atomic mass is 10.1. The van der Waals surface area contributed by atoms with Crippen LogP contribution in [-0.4, -0.2) is 31.6 Å². The lowest BCUT2D eigenvalue weighted by Gasteiger charge is -2.17. The smallest absolute Gasteiger partial charge is 0.269 e. The number of hydrogen-bond acceptors (Lipinski definition) is 5. The molecule has 0 atom stereocenters. The first-order valence-corrected chi connectivity index (χ1v) is 10.2. The van der Waals surface area contributed by atoms with Gasteiger partial charge in [0.15, 0.2) is 11.5 Å². The van der Waals surface area contributed by atoms with Crippen LogP contribution in [0.15, 0.2) is 54.6 Å². The molecule has 162 valence electrons. The molecule has 2 N–H and O–H groups in total. The van der Waals surface area contributed by atoms with Gasteiger partial charge in [-0.05, 0) is 55.8 Å². The predicted molar refractivity (Wildman–Crippen MR) is 119 cm³/mol. The largest absolute Gasteiger partial charge is 0.490 e. The van der Waals surface area contributed by atoms with Crippen molar-refractivity contribution < 1.29 is 23.8 Å². The lowest BCUT2D eigenvalue weighted by Crippen LogP contribution is -2.41. The minimum absolute atomic E-state index is 0.272. The molecule has 3 rings (SSSR count). The van der Waals surface area contributed by atoms with Crippen LogP contribution in [0, 0.1) is 0 Å². The number of fused-ring (bicyclic) bond motifs is 1. The van der Waals surface area contributed by atoms with Gasteiger partial charge in [-0.2, -0.15) is 0 Å². The number of ether oxygens (including phenoxy) is 3. The first-order chi connectivity index (χ1) is 15.1. The highest BCUT2D eigenvalue weighted by Gasteiger charge is 2.19. The number of hydrogen-bond donors (Lipinski definition) is 2. The Hall–Kier alpha value is -3.74. The second kappa shape index (κ2) is 10.3. The molecule has 7 nitrogen and oxygen atoms in total. The Morgan fingerprint density at radius 1 is 0.677 bits per heavy atom. The monoisotopic (exact) mass is 422 g/mol. The summed E-state index contributed by atoms with van der Waals surface area (Å²) in [5.41, 5.74) is 5.61. The van der Waals surface area contributed by atoms with Crippen LogP contribution in [0.4, 0.5) is 0 Å². The fraction of sp³-hybridized carbons (Fsp3) is 0.250. The third-order valence-electron chi connectivity index (χ3n) is 4.47. The van der Waals surface area contributed by atoms with Crippen molar-refractivity contribution in [1.29, 1.82) is 0 Å². The normalized spacial score (nSPS) is 10.4. The van der Waals surface area contributed by atoms with Gasteiger partial charge in [0.05, 0.1) is 19.8 Å². The van der Waals surface area contributed by atoms with Crippen LogP contribution >= 0.6 is 0 Å². The van der Waals surface area contributed by atoms with E-state index in [1.165, 1.54) is 0 Å². The highest BCUT2D eigenvalue weighted by molar-refractivity contribution is 6.01. The Bertz CT molecular complexity index is 1050. The molecule has 0 aromatic heterocycles. The number of carbonyl (C=O) groups excluding carboxylic acids is 2. The molecule has 0 saturated carbocycles. The minimum Gasteiger partial charge on any atom is -0.490 e. The topological polar surface area (TPSA) is 85.9 Å². The molecule has 0 heterocycles. The summed E-state index contributed by atoms with van der Waals surface area (Å²) in [5, 5.41) is 1.97. The molecule has 0 aliphatic rings. The van der Waals surface area contributed by atoms with Gasteiger partial charge in [0.1, 0.15) is 0 Å². The van der Waals surface area contributed by atoms with Crippen LogP contribution in [0.2, 0.25) is 0 Å². The van der Waals surface area contributed by atoms with Crippen LogP contribution in [0.5, 0.6) is 17.2 Å². The van der Waals surface area contributed by atoms with Crippen LogP contribution in [0.1, 0.15) is 41.5 Å². The molecule has 0 fully saturated rings. The average molecular weight is 422 g/mol. The van der Waals surface area contributed by atoms with Gasteiger partial charge in [-0.25, -0.2) is 0 Å². The van der Waals surface area contributed by atoms with Crippen molar-refractivity contribution in [2.24, 2.45) is 0 Å². The minimum atomic E-state index is -0.501. The third kappa shape index (κ3) is 5.25. The van der Waals surface area contributed by atoms with Crippen LogP contribution in [0.3, 0.4) is 0 Å². The standard InChI is InChI=1S/C24H26N2O5/c1-4-29-20-14-19(15-21(30-5-2)22(20)31-6-3)24(28)26-25-23(27)18-12-11-16-9-7-8-10-17(16)13-18/h7-15H,4-6H2,1-3H3,(H,25,27)(H,26,28). The maximum Gasteiger partial charge on any atom is 0.269 e. The van der Waals surface area contributed by atoms with E-state index in [4.69, 9.17) is 14.2 Å². The predicted octanol–water partition coefficient (Wildman–Crippen LogP) is 4.11. The second-order valence-electron chi connectivity index (χ2n) is 6.57. The van der Waals surface area contributed by atoms with E-state index in [-0.39, 0.29) is 5.56 Å². The molecule has 0 aliphatic heterocycles. The van der Waals surface area contributed by atoms with Crippen molar-refractivity contribution in [2.45, 2.75) is 20.8 Å². The zero-order valence-electron chi connectivity index (χ0n) is 17.9. The van der Waals surface area contributed by atoms with E-state index in [1.807, 2.05) is 51.1 Å². The molecule has 3 aromatic rings. The first kappa shape index (κ1) is 22.0. The van der Waals surface area contributed by atoms with Gasteiger partial charge in [-0.15, -0.1) is 0 Å². The summed E-state index contributed by atoms with van der Waals surface area (Å²) in [6, 6.07) is 16.2. The summed E-state index contributed by atoms with van der Waals surface area (Å²) in [5.74, 6) is 0.338. The van der Waals surface area contributed by atoms with Crippen LogP contribution in [0.25, 0.3) is 10.8 Å². The van der Waals surface area contributed by atoms with Crippen molar-refractivity contribution >= 4 is 22.6 Å². The van der Waals surface area contributed by atoms with Gasteiger partial charge >= 0.3 is 0 Å². The molecule has 0 saturated heterocycles. The molecule has 31 heavy (non-hydrogen) atoms. The van der Waals surface area contributed by atoms with E-state index in [9.17, 15) is 9.59 Å². The highest BCUT2D eigenvalue weighted by Crippen LogP contribution is 2.39. The number of benzene rings is 3. The first-order valence-electron chi connectivity index (χ1n) is 10.2. The Balaban J connectivity index is 1.77. The van der Waals surface area contributed by atoms with Crippen molar-refractivity contribution in [1.82, 2.24) is 10.9 Å². The summed E-state index contributed by atoms with van der Waals surface area (Å²) in [6.45, 7) is 6.76. The van der Waals surface area contributed by atoms with Gasteiger partial charge in [-0.3, -0.25) is 20.4 Å². The van der Waals surface area contributed by atoms with Crippen molar-refractivity contribution in [3.8, 4) is 17.2 Å². The second-order valence-corrected chi connectivity index (χ2v) is 6.57. The molecule has 0 bridgehead atoms. The van der Waals surface area contributed by atoms with Crippen molar-refractivity contribution in [3.63, 3.8) is 0 Å². The summed E-state index contributed by atoms with van der Waals surface area (Å²) < 4.78 is 16.9. The molecular weight excluding hydrogens is 396 g/mol.